The molecule has 0 bridgehead atoms. The van der Waals surface area contributed by atoms with Gasteiger partial charge in [0.25, 0.3) is 0 Å². The molecule has 1 saturated heterocycles. The van der Waals surface area contributed by atoms with Crippen LogP contribution in [0, 0.1) is 0 Å². The van der Waals surface area contributed by atoms with E-state index < -0.39 is 0 Å². The van der Waals surface area contributed by atoms with Crippen LogP contribution in [0.25, 0.3) is 11.0 Å². The Morgan fingerprint density at radius 1 is 1.07 bits per heavy atom. The van der Waals surface area contributed by atoms with Gasteiger partial charge in [0.2, 0.25) is 11.8 Å². The SMILES string of the molecule is CCCC(=O)N1CCN(C(=O)Cc2ccc3c(c2)nc(C(C)C)n3C)CC1. The number of benzene rings is 1. The summed E-state index contributed by atoms with van der Waals surface area (Å²) in [6, 6.07) is 6.10. The lowest BCUT2D eigenvalue weighted by Crippen LogP contribution is -2.50. The van der Waals surface area contributed by atoms with E-state index in [4.69, 9.17) is 4.98 Å². The molecule has 0 N–H and O–H groups in total. The van der Waals surface area contributed by atoms with Crippen LogP contribution in [0.15, 0.2) is 18.2 Å². The summed E-state index contributed by atoms with van der Waals surface area (Å²) in [7, 11) is 2.04. The topological polar surface area (TPSA) is 58.4 Å². The van der Waals surface area contributed by atoms with E-state index in [1.807, 2.05) is 35.9 Å². The first-order chi connectivity index (χ1) is 12.9. The molecule has 1 aromatic carbocycles. The monoisotopic (exact) mass is 370 g/mol. The van der Waals surface area contributed by atoms with Crippen molar-refractivity contribution in [1.29, 1.82) is 0 Å². The molecule has 1 aliphatic heterocycles. The molecule has 0 saturated carbocycles. The van der Waals surface area contributed by atoms with Gasteiger partial charge in [0.05, 0.1) is 17.5 Å². The predicted octanol–water partition coefficient (Wildman–Crippen LogP) is 2.71. The van der Waals surface area contributed by atoms with Gasteiger partial charge in [-0.1, -0.05) is 26.8 Å². The van der Waals surface area contributed by atoms with Crippen molar-refractivity contribution >= 4 is 22.8 Å². The van der Waals surface area contributed by atoms with Crippen LogP contribution >= 0.6 is 0 Å². The summed E-state index contributed by atoms with van der Waals surface area (Å²) >= 11 is 0. The number of aromatic nitrogens is 2. The van der Waals surface area contributed by atoms with Gasteiger partial charge in [-0.2, -0.15) is 0 Å². The van der Waals surface area contributed by atoms with E-state index in [1.165, 1.54) is 0 Å². The number of piperazine rings is 1. The van der Waals surface area contributed by atoms with Crippen LogP contribution in [0.1, 0.15) is 50.9 Å². The molecule has 6 nitrogen and oxygen atoms in total. The first kappa shape index (κ1) is 19.4. The fourth-order valence-corrected chi connectivity index (χ4v) is 3.75. The van der Waals surface area contributed by atoms with Gasteiger partial charge in [-0.05, 0) is 24.1 Å². The Labute approximate surface area is 161 Å². The first-order valence-electron chi connectivity index (χ1n) is 9.91. The summed E-state index contributed by atoms with van der Waals surface area (Å²) < 4.78 is 2.12. The average Bonchev–Trinajstić information content (AvgIpc) is 2.98. The molecule has 6 heteroatoms. The molecule has 0 aliphatic carbocycles. The number of nitrogens with zero attached hydrogens (tertiary/aromatic N) is 4. The molecule has 0 radical (unpaired) electrons. The van der Waals surface area contributed by atoms with Gasteiger partial charge in [-0.15, -0.1) is 0 Å². The van der Waals surface area contributed by atoms with Gasteiger partial charge >= 0.3 is 0 Å². The number of aryl methyl sites for hydroxylation is 1. The van der Waals surface area contributed by atoms with E-state index in [0.29, 0.717) is 44.9 Å². The highest BCUT2D eigenvalue weighted by Crippen LogP contribution is 2.22. The second-order valence-corrected chi connectivity index (χ2v) is 7.70. The Kier molecular flexibility index (Phi) is 5.82. The lowest BCUT2D eigenvalue weighted by molar-refractivity contribution is -0.139. The van der Waals surface area contributed by atoms with Gasteiger partial charge in [-0.25, -0.2) is 4.98 Å². The molecule has 3 rings (SSSR count). The zero-order valence-electron chi connectivity index (χ0n) is 16.9. The number of hydrogen-bond acceptors (Lipinski definition) is 3. The number of amides is 2. The molecular weight excluding hydrogens is 340 g/mol. The lowest BCUT2D eigenvalue weighted by Gasteiger charge is -2.35. The first-order valence-corrected chi connectivity index (χ1v) is 9.91. The molecule has 1 fully saturated rings. The average molecular weight is 370 g/mol. The summed E-state index contributed by atoms with van der Waals surface area (Å²) in [6.07, 6.45) is 1.84. The third-order valence-electron chi connectivity index (χ3n) is 5.30. The summed E-state index contributed by atoms with van der Waals surface area (Å²) in [5, 5.41) is 0. The Bertz CT molecular complexity index is 832. The highest BCUT2D eigenvalue weighted by atomic mass is 16.2. The fourth-order valence-electron chi connectivity index (χ4n) is 3.75. The van der Waals surface area contributed by atoms with Crippen molar-refractivity contribution in [1.82, 2.24) is 19.4 Å². The van der Waals surface area contributed by atoms with E-state index in [2.05, 4.69) is 24.5 Å². The minimum absolute atomic E-state index is 0.122. The molecule has 2 heterocycles. The summed E-state index contributed by atoms with van der Waals surface area (Å²) in [6.45, 7) is 8.81. The molecular formula is C21H30N4O2. The van der Waals surface area contributed by atoms with E-state index in [1.54, 1.807) is 0 Å². The molecule has 0 atom stereocenters. The van der Waals surface area contributed by atoms with Crippen LogP contribution in [-0.4, -0.2) is 57.3 Å². The van der Waals surface area contributed by atoms with Crippen molar-refractivity contribution in [3.63, 3.8) is 0 Å². The van der Waals surface area contributed by atoms with Crippen molar-refractivity contribution in [2.45, 2.75) is 46.0 Å². The summed E-state index contributed by atoms with van der Waals surface area (Å²) in [5.74, 6) is 1.74. The lowest BCUT2D eigenvalue weighted by atomic mass is 10.1. The smallest absolute Gasteiger partial charge is 0.227 e. The van der Waals surface area contributed by atoms with Gasteiger partial charge in [-0.3, -0.25) is 9.59 Å². The van der Waals surface area contributed by atoms with Crippen LogP contribution in [0.2, 0.25) is 0 Å². The zero-order valence-corrected chi connectivity index (χ0v) is 16.9. The van der Waals surface area contributed by atoms with Gasteiger partial charge < -0.3 is 14.4 Å². The third-order valence-corrected chi connectivity index (χ3v) is 5.30. The van der Waals surface area contributed by atoms with Crippen LogP contribution in [0.3, 0.4) is 0 Å². The van der Waals surface area contributed by atoms with Crippen LogP contribution in [0.4, 0.5) is 0 Å². The highest BCUT2D eigenvalue weighted by molar-refractivity contribution is 5.82. The maximum Gasteiger partial charge on any atom is 0.227 e. The summed E-state index contributed by atoms with van der Waals surface area (Å²) in [5.41, 5.74) is 3.03. The minimum atomic E-state index is 0.122. The van der Waals surface area contributed by atoms with Crippen molar-refractivity contribution in [2.24, 2.45) is 7.05 Å². The molecule has 1 aliphatic rings. The van der Waals surface area contributed by atoms with Gasteiger partial charge in [0.1, 0.15) is 5.82 Å². The molecule has 0 spiro atoms. The Hall–Kier alpha value is -2.37. The maximum absolute atomic E-state index is 12.7. The van der Waals surface area contributed by atoms with Crippen LogP contribution < -0.4 is 0 Å². The molecule has 146 valence electrons. The Morgan fingerprint density at radius 3 is 2.30 bits per heavy atom. The number of carbonyl (C=O) groups is 2. The second-order valence-electron chi connectivity index (χ2n) is 7.70. The van der Waals surface area contributed by atoms with Crippen molar-refractivity contribution in [2.75, 3.05) is 26.2 Å². The quantitative estimate of drug-likeness (QED) is 0.813. The van der Waals surface area contributed by atoms with Gasteiger partial charge in [0, 0.05) is 45.6 Å². The van der Waals surface area contributed by atoms with Crippen LogP contribution in [-0.2, 0) is 23.1 Å². The molecule has 0 unspecified atom stereocenters. The molecule has 1 aromatic heterocycles. The number of imidazole rings is 1. The second kappa shape index (κ2) is 8.11. The van der Waals surface area contributed by atoms with E-state index >= 15 is 0 Å². The highest BCUT2D eigenvalue weighted by Gasteiger charge is 2.23. The Balaban J connectivity index is 1.64. The number of fused-ring (bicyclic) bond motifs is 1. The normalized spacial score (nSPS) is 15.0. The van der Waals surface area contributed by atoms with Crippen molar-refractivity contribution in [3.05, 3.63) is 29.6 Å². The van der Waals surface area contributed by atoms with Crippen molar-refractivity contribution < 1.29 is 9.59 Å². The Morgan fingerprint density at radius 2 is 1.70 bits per heavy atom. The minimum Gasteiger partial charge on any atom is -0.339 e. The zero-order chi connectivity index (χ0) is 19.6. The maximum atomic E-state index is 12.7. The van der Waals surface area contributed by atoms with E-state index in [9.17, 15) is 9.59 Å². The number of rotatable bonds is 5. The van der Waals surface area contributed by atoms with Crippen molar-refractivity contribution in [3.8, 4) is 0 Å². The molecule has 27 heavy (non-hydrogen) atoms. The van der Waals surface area contributed by atoms with Gasteiger partial charge in [0.15, 0.2) is 0 Å². The number of hydrogen-bond donors (Lipinski definition) is 0. The third kappa shape index (κ3) is 4.15. The van der Waals surface area contributed by atoms with Crippen LogP contribution in [0.5, 0.6) is 0 Å². The summed E-state index contributed by atoms with van der Waals surface area (Å²) in [4.78, 5) is 33.1. The number of carbonyl (C=O) groups excluding carboxylic acids is 2. The molecule has 2 aromatic rings. The van der Waals surface area contributed by atoms with E-state index in [-0.39, 0.29) is 11.8 Å². The fraction of sp³-hybridized carbons (Fsp3) is 0.571. The predicted molar refractivity (Wildman–Crippen MR) is 107 cm³/mol. The largest absolute Gasteiger partial charge is 0.339 e. The van der Waals surface area contributed by atoms with E-state index in [0.717, 1.165) is 28.8 Å². The standard InChI is InChI=1S/C21H30N4O2/c1-5-6-19(26)24-9-11-25(12-10-24)20(27)14-16-7-8-18-17(13-16)22-21(15(2)3)23(18)4/h7-8,13,15H,5-6,9-12,14H2,1-4H3. The molecule has 2 amide bonds.